The van der Waals surface area contributed by atoms with E-state index >= 15 is 0 Å². The van der Waals surface area contributed by atoms with Crippen LogP contribution in [0, 0.1) is 6.92 Å². The molecule has 8 nitrogen and oxygen atoms in total. The van der Waals surface area contributed by atoms with E-state index in [-0.39, 0.29) is 18.0 Å². The topological polar surface area (TPSA) is 117 Å². The summed E-state index contributed by atoms with van der Waals surface area (Å²) in [6.07, 6.45) is -4.70. The third-order valence-electron chi connectivity index (χ3n) is 4.48. The number of carbonyl (C=O) groups is 4. The lowest BCUT2D eigenvalue weighted by Gasteiger charge is -2.35. The average molecular weight is 453 g/mol. The Morgan fingerprint density at radius 1 is 1.30 bits per heavy atom. The largest absolute Gasteiger partial charge is 0.481 e. The monoisotopic (exact) mass is 453 g/mol. The minimum absolute atomic E-state index is 0.00812. The number of hydrogen-bond acceptors (Lipinski definition) is 6. The lowest BCUT2D eigenvalue weighted by Crippen LogP contribution is -2.55. The molecule has 1 unspecified atom stereocenters. The minimum atomic E-state index is -4.86. The molecule has 2 atom stereocenters. The molecular formula is C17H19F4N3O5S. The van der Waals surface area contributed by atoms with Gasteiger partial charge >= 0.3 is 12.1 Å². The summed E-state index contributed by atoms with van der Waals surface area (Å²) < 4.78 is 52.4. The van der Waals surface area contributed by atoms with E-state index in [1.807, 2.05) is 0 Å². The highest BCUT2D eigenvalue weighted by Crippen LogP contribution is 2.35. The van der Waals surface area contributed by atoms with E-state index in [4.69, 9.17) is 5.11 Å². The van der Waals surface area contributed by atoms with Crippen molar-refractivity contribution in [3.63, 3.8) is 0 Å². The van der Waals surface area contributed by atoms with Crippen LogP contribution in [0.2, 0.25) is 0 Å². The Morgan fingerprint density at radius 3 is 2.53 bits per heavy atom. The predicted octanol–water partition coefficient (Wildman–Crippen LogP) is 1.96. The molecule has 1 aromatic heterocycles. The molecule has 1 fully saturated rings. The van der Waals surface area contributed by atoms with Crippen molar-refractivity contribution in [1.29, 1.82) is 0 Å². The van der Waals surface area contributed by atoms with Crippen molar-refractivity contribution in [2.45, 2.75) is 50.9 Å². The highest BCUT2D eigenvalue weighted by atomic mass is 32.1. The summed E-state index contributed by atoms with van der Waals surface area (Å²) in [6, 6.07) is -2.87. The maximum Gasteiger partial charge on any atom is 0.435 e. The molecule has 2 heterocycles. The molecule has 2 N–H and O–H groups in total. The first-order valence-corrected chi connectivity index (χ1v) is 9.73. The maximum atomic E-state index is 13.2. The van der Waals surface area contributed by atoms with Gasteiger partial charge in [-0.25, -0.2) is 9.37 Å². The summed E-state index contributed by atoms with van der Waals surface area (Å²) in [5.74, 6) is -4.56. The molecule has 13 heteroatoms. The second-order valence-corrected chi connectivity index (χ2v) is 7.88. The fourth-order valence-electron chi connectivity index (χ4n) is 3.12. The first kappa shape index (κ1) is 23.7. The van der Waals surface area contributed by atoms with E-state index in [9.17, 15) is 36.7 Å². The molecule has 0 saturated carbocycles. The molecule has 166 valence electrons. The van der Waals surface area contributed by atoms with Gasteiger partial charge in [-0.1, -0.05) is 0 Å². The molecule has 1 saturated heterocycles. The fraction of sp³-hybridized carbons (Fsp3) is 0.588. The van der Waals surface area contributed by atoms with Crippen LogP contribution in [-0.2, 0) is 20.6 Å². The van der Waals surface area contributed by atoms with Crippen molar-refractivity contribution >= 4 is 34.9 Å². The van der Waals surface area contributed by atoms with Crippen molar-refractivity contribution < 1.29 is 41.8 Å². The number of aromatic nitrogens is 1. The number of carboxylic acid groups (broad SMARTS) is 1. The van der Waals surface area contributed by atoms with E-state index < -0.39 is 65.5 Å². The van der Waals surface area contributed by atoms with Gasteiger partial charge in [0.2, 0.25) is 5.91 Å². The number of hydrogen-bond donors (Lipinski definition) is 2. The van der Waals surface area contributed by atoms with Gasteiger partial charge in [-0.3, -0.25) is 19.2 Å². The van der Waals surface area contributed by atoms with Gasteiger partial charge in [0.05, 0.1) is 11.4 Å². The smallest absolute Gasteiger partial charge is 0.435 e. The van der Waals surface area contributed by atoms with Crippen LogP contribution in [0.25, 0.3) is 0 Å². The number of Topliss-reactive ketones (excluding diaryl/α,β-unsaturated/α-hetero) is 1. The normalized spacial score (nSPS) is 18.0. The Balaban J connectivity index is 2.28. The van der Waals surface area contributed by atoms with E-state index in [1.165, 1.54) is 6.92 Å². The average Bonchev–Trinajstić information content (AvgIpc) is 3.08. The zero-order chi connectivity index (χ0) is 22.6. The summed E-state index contributed by atoms with van der Waals surface area (Å²) in [4.78, 5) is 51.6. The van der Waals surface area contributed by atoms with Gasteiger partial charge < -0.3 is 15.3 Å². The summed E-state index contributed by atoms with van der Waals surface area (Å²) in [5, 5.41) is 11.0. The molecule has 1 aliphatic heterocycles. The number of aryl methyl sites for hydroxylation is 1. The Morgan fingerprint density at radius 2 is 1.97 bits per heavy atom. The summed E-state index contributed by atoms with van der Waals surface area (Å²) in [5.41, 5.74) is -1.34. The van der Waals surface area contributed by atoms with Crippen molar-refractivity contribution in [2.24, 2.45) is 0 Å². The van der Waals surface area contributed by atoms with Crippen LogP contribution in [-0.4, -0.2) is 63.9 Å². The number of ketones is 1. The number of carboxylic acids is 1. The van der Waals surface area contributed by atoms with Crippen LogP contribution in [0.15, 0.2) is 0 Å². The van der Waals surface area contributed by atoms with Gasteiger partial charge in [0, 0.05) is 6.54 Å². The number of nitrogens with one attached hydrogen (secondary N) is 1. The molecule has 30 heavy (non-hydrogen) atoms. The second-order valence-electron chi connectivity index (χ2n) is 6.68. The number of rotatable bonds is 7. The molecule has 2 rings (SSSR count). The zero-order valence-corrected chi connectivity index (χ0v) is 16.6. The summed E-state index contributed by atoms with van der Waals surface area (Å²) in [7, 11) is 0. The first-order chi connectivity index (χ1) is 14.0. The van der Waals surface area contributed by atoms with Gasteiger partial charge in [0.25, 0.3) is 5.91 Å². The predicted molar refractivity (Wildman–Crippen MR) is 95.7 cm³/mol. The van der Waals surface area contributed by atoms with Crippen molar-refractivity contribution in [3.05, 3.63) is 15.6 Å². The van der Waals surface area contributed by atoms with Crippen molar-refractivity contribution in [1.82, 2.24) is 15.2 Å². The first-order valence-electron chi connectivity index (χ1n) is 8.92. The van der Waals surface area contributed by atoms with E-state index in [0.29, 0.717) is 24.2 Å². The molecule has 1 aromatic rings. The Labute approximate surface area is 172 Å². The van der Waals surface area contributed by atoms with E-state index in [1.54, 1.807) is 0 Å². The van der Waals surface area contributed by atoms with Gasteiger partial charge in [0.15, 0.2) is 11.5 Å². The number of amides is 2. The molecule has 2 amide bonds. The second kappa shape index (κ2) is 9.49. The van der Waals surface area contributed by atoms with Crippen LogP contribution in [0.4, 0.5) is 17.6 Å². The molecule has 0 radical (unpaired) electrons. The van der Waals surface area contributed by atoms with Gasteiger partial charge in [0.1, 0.15) is 23.6 Å². The van der Waals surface area contributed by atoms with E-state index in [0.717, 1.165) is 4.90 Å². The molecule has 0 bridgehead atoms. The molecule has 0 spiro atoms. The molecule has 0 aliphatic carbocycles. The van der Waals surface area contributed by atoms with Crippen molar-refractivity contribution in [3.8, 4) is 0 Å². The van der Waals surface area contributed by atoms with Gasteiger partial charge in [-0.05, 0) is 26.2 Å². The maximum absolute atomic E-state index is 13.2. The Bertz CT molecular complexity index is 842. The quantitative estimate of drug-likeness (QED) is 0.610. The lowest BCUT2D eigenvalue weighted by atomic mass is 9.99. The number of nitrogens with zero attached hydrogens (tertiary/aromatic N) is 2. The molecule has 1 aliphatic rings. The minimum Gasteiger partial charge on any atom is -0.481 e. The van der Waals surface area contributed by atoms with E-state index in [2.05, 4.69) is 10.3 Å². The van der Waals surface area contributed by atoms with Crippen LogP contribution in [0.3, 0.4) is 0 Å². The number of carbonyl (C=O) groups excluding carboxylic acids is 3. The zero-order valence-electron chi connectivity index (χ0n) is 15.8. The highest BCUT2D eigenvalue weighted by molar-refractivity contribution is 7.13. The van der Waals surface area contributed by atoms with Gasteiger partial charge in [-0.2, -0.15) is 13.2 Å². The molecule has 0 aromatic carbocycles. The van der Waals surface area contributed by atoms with Gasteiger partial charge in [-0.15, -0.1) is 11.3 Å². The number of halogens is 4. The van der Waals surface area contributed by atoms with Crippen molar-refractivity contribution in [2.75, 3.05) is 13.2 Å². The molecular weight excluding hydrogens is 434 g/mol. The summed E-state index contributed by atoms with van der Waals surface area (Å²) >= 11 is 0.552. The fourth-order valence-corrected chi connectivity index (χ4v) is 4.02. The standard InChI is InChI=1S/C17H19F4N3O5S/c1-8-22-14(17(19,20)21)13(30-8)16(29)24-5-3-2-4-10(24)15(28)23-9(6-12(26)27)11(25)7-18/h9-10H,2-7H2,1H3,(H,23,28)(H,26,27)/t9?,10-/m0/s1. The van der Waals surface area contributed by atoms with Crippen LogP contribution >= 0.6 is 11.3 Å². The third-order valence-corrected chi connectivity index (χ3v) is 5.44. The van der Waals surface area contributed by atoms with Crippen LogP contribution in [0.5, 0.6) is 0 Å². The number of piperidine rings is 1. The Hall–Kier alpha value is -2.57. The number of aliphatic carboxylic acids is 1. The number of alkyl halides is 4. The third kappa shape index (κ3) is 5.52. The van der Waals surface area contributed by atoms with Crippen LogP contribution < -0.4 is 5.32 Å². The Kier molecular flexibility index (Phi) is 7.50. The summed E-state index contributed by atoms with van der Waals surface area (Å²) in [6.45, 7) is -0.192. The highest BCUT2D eigenvalue weighted by Gasteiger charge is 2.42. The number of likely N-dealkylation sites (tertiary alicyclic amines) is 1. The SMILES string of the molecule is Cc1nc(C(F)(F)F)c(C(=O)N2CCCC[C@H]2C(=O)NC(CC(=O)O)C(=O)CF)s1. The number of thiazole rings is 1. The van der Waals surface area contributed by atoms with Crippen LogP contribution in [0.1, 0.15) is 46.1 Å². The lowest BCUT2D eigenvalue weighted by molar-refractivity contribution is -0.141.